The van der Waals surface area contributed by atoms with E-state index >= 15 is 0 Å². The van der Waals surface area contributed by atoms with Gasteiger partial charge in [-0.2, -0.15) is 0 Å². The average Bonchev–Trinajstić information content (AvgIpc) is 3.40. The quantitative estimate of drug-likeness (QED) is 0.205. The minimum atomic E-state index is -0.246. The summed E-state index contributed by atoms with van der Waals surface area (Å²) in [6.07, 6.45) is 0. The summed E-state index contributed by atoms with van der Waals surface area (Å²) in [4.78, 5) is 2.14. The van der Waals surface area contributed by atoms with Crippen LogP contribution in [0, 0.1) is 5.82 Å². The van der Waals surface area contributed by atoms with E-state index in [0.29, 0.717) is 0 Å². The summed E-state index contributed by atoms with van der Waals surface area (Å²) in [5.74, 6) is -0.246. The van der Waals surface area contributed by atoms with Crippen LogP contribution in [0.15, 0.2) is 164 Å². The fourth-order valence-electron chi connectivity index (χ4n) is 6.16. The van der Waals surface area contributed by atoms with E-state index in [4.69, 9.17) is 0 Å². The maximum absolute atomic E-state index is 13.7. The van der Waals surface area contributed by atoms with Crippen LogP contribution >= 0.6 is 0 Å². The summed E-state index contributed by atoms with van der Waals surface area (Å²) in [5, 5.41) is 4.93. The van der Waals surface area contributed by atoms with Crippen molar-refractivity contribution in [2.45, 2.75) is 0 Å². The number of hydrogen-bond acceptors (Lipinski definition) is 1. The fraction of sp³-hybridized carbons (Fsp3) is 0. The van der Waals surface area contributed by atoms with E-state index in [9.17, 15) is 4.39 Å². The molecule has 43 heavy (non-hydrogen) atoms. The summed E-state index contributed by atoms with van der Waals surface area (Å²) < 4.78 is 16.1. The van der Waals surface area contributed by atoms with E-state index < -0.39 is 0 Å². The van der Waals surface area contributed by atoms with E-state index in [1.165, 1.54) is 44.7 Å². The summed E-state index contributed by atoms with van der Waals surface area (Å²) in [6.45, 7) is 0. The molecule has 204 valence electrons. The molecule has 2 nitrogen and oxygen atoms in total. The largest absolute Gasteiger partial charge is 0.311 e. The number of rotatable bonds is 5. The molecule has 0 N–H and O–H groups in total. The Bertz CT molecular complexity index is 2230. The summed E-state index contributed by atoms with van der Waals surface area (Å²) in [6, 6.07) is 56.0. The Labute approximate surface area is 249 Å². The molecule has 7 aromatic carbocycles. The summed E-state index contributed by atoms with van der Waals surface area (Å²) in [5.41, 5.74) is 8.77. The molecule has 0 aliphatic rings. The van der Waals surface area contributed by atoms with Crippen LogP contribution in [0.5, 0.6) is 0 Å². The zero-order valence-electron chi connectivity index (χ0n) is 23.4. The standard InChI is InChI=1S/C40H27FN2/c41-32-18-23-35(24-19-32)42(33-10-2-1-3-11-33)34-20-14-29(15-21-34)31-17-25-40-38(27-31)37-12-6-7-13-39(37)43(40)36-22-16-28-8-4-5-9-30(28)26-36/h1-27H. The van der Waals surface area contributed by atoms with Gasteiger partial charge in [-0.05, 0) is 101 Å². The van der Waals surface area contributed by atoms with Crippen LogP contribution in [-0.4, -0.2) is 4.57 Å². The van der Waals surface area contributed by atoms with Crippen molar-refractivity contribution in [3.05, 3.63) is 170 Å². The molecule has 0 aliphatic heterocycles. The molecule has 0 unspecified atom stereocenters. The van der Waals surface area contributed by atoms with Crippen molar-refractivity contribution in [1.82, 2.24) is 4.57 Å². The lowest BCUT2D eigenvalue weighted by Crippen LogP contribution is -2.09. The van der Waals surface area contributed by atoms with Gasteiger partial charge in [-0.15, -0.1) is 0 Å². The normalized spacial score (nSPS) is 11.4. The molecular weight excluding hydrogens is 527 g/mol. The zero-order valence-corrected chi connectivity index (χ0v) is 23.4. The zero-order chi connectivity index (χ0) is 28.8. The summed E-state index contributed by atoms with van der Waals surface area (Å²) in [7, 11) is 0. The van der Waals surface area contributed by atoms with Crippen LogP contribution in [0.4, 0.5) is 21.5 Å². The van der Waals surface area contributed by atoms with E-state index in [0.717, 1.165) is 33.9 Å². The highest BCUT2D eigenvalue weighted by Crippen LogP contribution is 2.38. The topological polar surface area (TPSA) is 8.17 Å². The highest BCUT2D eigenvalue weighted by Gasteiger charge is 2.15. The highest BCUT2D eigenvalue weighted by atomic mass is 19.1. The first kappa shape index (κ1) is 25.1. The second kappa shape index (κ2) is 10.3. The van der Waals surface area contributed by atoms with Crippen LogP contribution < -0.4 is 4.90 Å². The maximum Gasteiger partial charge on any atom is 0.123 e. The van der Waals surface area contributed by atoms with Crippen molar-refractivity contribution in [1.29, 1.82) is 0 Å². The molecule has 0 saturated carbocycles. The van der Waals surface area contributed by atoms with Gasteiger partial charge in [-0.3, -0.25) is 0 Å². The van der Waals surface area contributed by atoms with E-state index in [-0.39, 0.29) is 5.82 Å². The molecule has 0 fully saturated rings. The number of halogens is 1. The van der Waals surface area contributed by atoms with Gasteiger partial charge in [0.15, 0.2) is 0 Å². The smallest absolute Gasteiger partial charge is 0.123 e. The fourth-order valence-corrected chi connectivity index (χ4v) is 6.16. The number of hydrogen-bond donors (Lipinski definition) is 0. The number of nitrogens with zero attached hydrogens (tertiary/aromatic N) is 2. The number of para-hydroxylation sites is 2. The number of benzene rings is 7. The second-order valence-electron chi connectivity index (χ2n) is 10.8. The summed E-state index contributed by atoms with van der Waals surface area (Å²) >= 11 is 0. The third kappa shape index (κ3) is 4.43. The van der Waals surface area contributed by atoms with Gasteiger partial charge in [0.25, 0.3) is 0 Å². The van der Waals surface area contributed by atoms with E-state index in [1.807, 2.05) is 30.3 Å². The van der Waals surface area contributed by atoms with Crippen LogP contribution in [-0.2, 0) is 0 Å². The van der Waals surface area contributed by atoms with Crippen LogP contribution in [0.2, 0.25) is 0 Å². The first-order valence-electron chi connectivity index (χ1n) is 14.5. The molecule has 0 saturated heterocycles. The molecule has 0 atom stereocenters. The predicted molar refractivity (Wildman–Crippen MR) is 178 cm³/mol. The molecule has 0 amide bonds. The molecule has 8 rings (SSSR count). The Balaban J connectivity index is 1.22. The van der Waals surface area contributed by atoms with Gasteiger partial charge in [0.2, 0.25) is 0 Å². The molecule has 3 heteroatoms. The SMILES string of the molecule is Fc1ccc(N(c2ccccc2)c2ccc(-c3ccc4c(c3)c3ccccc3n4-c3ccc4ccccc4c3)cc2)cc1. The first-order valence-corrected chi connectivity index (χ1v) is 14.5. The minimum Gasteiger partial charge on any atom is -0.311 e. The second-order valence-corrected chi connectivity index (χ2v) is 10.8. The molecule has 0 spiro atoms. The van der Waals surface area contributed by atoms with Gasteiger partial charge in [-0.1, -0.05) is 84.9 Å². The van der Waals surface area contributed by atoms with Crippen LogP contribution in [0.25, 0.3) is 49.4 Å². The molecule has 0 radical (unpaired) electrons. The van der Waals surface area contributed by atoms with Crippen molar-refractivity contribution >= 4 is 49.6 Å². The Morgan fingerprint density at radius 2 is 1.02 bits per heavy atom. The first-order chi connectivity index (χ1) is 21.2. The molecule has 8 aromatic rings. The average molecular weight is 555 g/mol. The molecular formula is C40H27FN2. The number of aromatic nitrogens is 1. The third-order valence-corrected chi connectivity index (χ3v) is 8.22. The van der Waals surface area contributed by atoms with Crippen molar-refractivity contribution < 1.29 is 4.39 Å². The van der Waals surface area contributed by atoms with Gasteiger partial charge >= 0.3 is 0 Å². The van der Waals surface area contributed by atoms with Gasteiger partial charge in [0.1, 0.15) is 5.82 Å². The Morgan fingerprint density at radius 3 is 1.81 bits per heavy atom. The van der Waals surface area contributed by atoms with Gasteiger partial charge < -0.3 is 9.47 Å². The van der Waals surface area contributed by atoms with Crippen molar-refractivity contribution in [3.8, 4) is 16.8 Å². The lowest BCUT2D eigenvalue weighted by molar-refractivity contribution is 0.628. The van der Waals surface area contributed by atoms with E-state index in [2.05, 4.69) is 131 Å². The minimum absolute atomic E-state index is 0.246. The monoisotopic (exact) mass is 554 g/mol. The molecule has 0 bridgehead atoms. The van der Waals surface area contributed by atoms with Crippen LogP contribution in [0.1, 0.15) is 0 Å². The highest BCUT2D eigenvalue weighted by molar-refractivity contribution is 6.10. The molecule has 0 aliphatic carbocycles. The van der Waals surface area contributed by atoms with E-state index in [1.54, 1.807) is 0 Å². The van der Waals surface area contributed by atoms with Crippen LogP contribution in [0.3, 0.4) is 0 Å². The maximum atomic E-state index is 13.7. The lowest BCUT2D eigenvalue weighted by atomic mass is 10.0. The Kier molecular flexibility index (Phi) is 6.01. The third-order valence-electron chi connectivity index (χ3n) is 8.22. The molecule has 1 heterocycles. The molecule has 1 aromatic heterocycles. The Morgan fingerprint density at radius 1 is 0.419 bits per heavy atom. The van der Waals surface area contributed by atoms with Gasteiger partial charge in [0.05, 0.1) is 11.0 Å². The number of anilines is 3. The Hall–Kier alpha value is -5.67. The van der Waals surface area contributed by atoms with Crippen molar-refractivity contribution in [3.63, 3.8) is 0 Å². The predicted octanol–water partition coefficient (Wildman–Crippen LogP) is 11.2. The van der Waals surface area contributed by atoms with Gasteiger partial charge in [0, 0.05) is 33.5 Å². The van der Waals surface area contributed by atoms with Crippen molar-refractivity contribution in [2.24, 2.45) is 0 Å². The number of fused-ring (bicyclic) bond motifs is 4. The lowest BCUT2D eigenvalue weighted by Gasteiger charge is -2.25. The van der Waals surface area contributed by atoms with Gasteiger partial charge in [-0.25, -0.2) is 4.39 Å². The van der Waals surface area contributed by atoms with Crippen molar-refractivity contribution in [2.75, 3.05) is 4.90 Å².